The van der Waals surface area contributed by atoms with Gasteiger partial charge in [-0.15, -0.1) is 0 Å². The highest BCUT2D eigenvalue weighted by Crippen LogP contribution is 2.37. The van der Waals surface area contributed by atoms with Gasteiger partial charge in [0.05, 0.1) is 0 Å². The molecule has 2 saturated carbocycles. The molecule has 0 amide bonds. The summed E-state index contributed by atoms with van der Waals surface area (Å²) in [6.07, 6.45) is 7.63. The Kier molecular flexibility index (Phi) is 2.87. The number of nitrogens with one attached hydrogen (secondary N) is 2. The van der Waals surface area contributed by atoms with Crippen molar-refractivity contribution in [2.75, 3.05) is 11.9 Å². The minimum atomic E-state index is -0.0356. The largest absolute Gasteiger partial charge is 0.370 e. The van der Waals surface area contributed by atoms with E-state index < -0.39 is 0 Å². The van der Waals surface area contributed by atoms with Crippen molar-refractivity contribution in [3.05, 3.63) is 22.2 Å². The van der Waals surface area contributed by atoms with Crippen molar-refractivity contribution >= 4 is 5.82 Å². The zero-order chi connectivity index (χ0) is 11.7. The lowest BCUT2D eigenvalue weighted by Crippen LogP contribution is -2.13. The average Bonchev–Trinajstić information content (AvgIpc) is 3.16. The van der Waals surface area contributed by atoms with Gasteiger partial charge >= 0.3 is 0 Å². The van der Waals surface area contributed by atoms with E-state index in [9.17, 15) is 4.79 Å². The Morgan fingerprint density at radius 3 is 2.88 bits per heavy atom. The maximum Gasteiger partial charge on any atom is 0.252 e. The van der Waals surface area contributed by atoms with Crippen LogP contribution in [0, 0.1) is 5.92 Å². The molecule has 4 heteroatoms. The van der Waals surface area contributed by atoms with Gasteiger partial charge in [-0.05, 0) is 31.6 Å². The quantitative estimate of drug-likeness (QED) is 0.741. The summed E-state index contributed by atoms with van der Waals surface area (Å²) in [5, 5.41) is 3.26. The standard InChI is InChI=1S/C13H19N3O/c17-12-8-11(14-7-1-2-9-3-4-9)15-13(16-12)10-5-6-10/h8-10H,1-7H2,(H2,14,15,16,17). The summed E-state index contributed by atoms with van der Waals surface area (Å²) in [6, 6.07) is 1.56. The smallest absolute Gasteiger partial charge is 0.252 e. The highest BCUT2D eigenvalue weighted by molar-refractivity contribution is 5.33. The second-order valence-corrected chi connectivity index (χ2v) is 5.30. The molecule has 2 N–H and O–H groups in total. The van der Waals surface area contributed by atoms with Crippen LogP contribution in [-0.2, 0) is 0 Å². The van der Waals surface area contributed by atoms with Crippen LogP contribution in [0.1, 0.15) is 50.3 Å². The number of aromatic nitrogens is 2. The molecule has 1 aromatic heterocycles. The van der Waals surface area contributed by atoms with Crippen molar-refractivity contribution in [3.8, 4) is 0 Å². The summed E-state index contributed by atoms with van der Waals surface area (Å²) in [5.41, 5.74) is -0.0356. The van der Waals surface area contributed by atoms with Crippen molar-refractivity contribution in [2.45, 2.75) is 44.4 Å². The van der Waals surface area contributed by atoms with Crippen LogP contribution in [0.5, 0.6) is 0 Å². The predicted octanol–water partition coefficient (Wildman–Crippen LogP) is 2.25. The Labute approximate surface area is 101 Å². The van der Waals surface area contributed by atoms with Crippen LogP contribution in [-0.4, -0.2) is 16.5 Å². The summed E-state index contributed by atoms with van der Waals surface area (Å²) >= 11 is 0. The van der Waals surface area contributed by atoms with E-state index in [1.807, 2.05) is 0 Å². The fourth-order valence-electron chi connectivity index (χ4n) is 2.13. The topological polar surface area (TPSA) is 57.8 Å². The first kappa shape index (κ1) is 10.8. The zero-order valence-electron chi connectivity index (χ0n) is 10.0. The molecule has 3 rings (SSSR count). The summed E-state index contributed by atoms with van der Waals surface area (Å²) in [5.74, 6) is 3.08. The van der Waals surface area contributed by atoms with Crippen molar-refractivity contribution in [3.63, 3.8) is 0 Å². The maximum atomic E-state index is 11.5. The van der Waals surface area contributed by atoms with Gasteiger partial charge in [0, 0.05) is 18.5 Å². The molecule has 4 nitrogen and oxygen atoms in total. The molecule has 0 bridgehead atoms. The Morgan fingerprint density at radius 2 is 2.18 bits per heavy atom. The molecule has 0 aliphatic heterocycles. The molecule has 0 saturated heterocycles. The Morgan fingerprint density at radius 1 is 1.35 bits per heavy atom. The SMILES string of the molecule is O=c1cc(NCCCC2CC2)nc(C2CC2)[nH]1. The molecular weight excluding hydrogens is 214 g/mol. The minimum Gasteiger partial charge on any atom is -0.370 e. The van der Waals surface area contributed by atoms with Gasteiger partial charge in [0.2, 0.25) is 0 Å². The average molecular weight is 233 g/mol. The van der Waals surface area contributed by atoms with Crippen LogP contribution in [0.2, 0.25) is 0 Å². The molecule has 0 unspecified atom stereocenters. The fourth-order valence-corrected chi connectivity index (χ4v) is 2.13. The first-order valence-electron chi connectivity index (χ1n) is 6.66. The van der Waals surface area contributed by atoms with E-state index in [4.69, 9.17) is 0 Å². The van der Waals surface area contributed by atoms with Crippen LogP contribution in [0.4, 0.5) is 5.82 Å². The van der Waals surface area contributed by atoms with Crippen molar-refractivity contribution in [1.29, 1.82) is 0 Å². The fraction of sp³-hybridized carbons (Fsp3) is 0.692. The van der Waals surface area contributed by atoms with Crippen LogP contribution in [0.15, 0.2) is 10.9 Å². The van der Waals surface area contributed by atoms with Gasteiger partial charge in [0.15, 0.2) is 0 Å². The van der Waals surface area contributed by atoms with Gasteiger partial charge in [0.1, 0.15) is 11.6 Å². The van der Waals surface area contributed by atoms with E-state index >= 15 is 0 Å². The van der Waals surface area contributed by atoms with E-state index in [0.29, 0.717) is 5.92 Å². The lowest BCUT2D eigenvalue weighted by molar-refractivity contribution is 0.686. The second-order valence-electron chi connectivity index (χ2n) is 5.30. The van der Waals surface area contributed by atoms with Gasteiger partial charge in [0.25, 0.3) is 5.56 Å². The van der Waals surface area contributed by atoms with E-state index in [1.165, 1.54) is 25.7 Å². The third-order valence-corrected chi connectivity index (χ3v) is 3.52. The number of anilines is 1. The molecule has 2 aliphatic rings. The Bertz CT molecular complexity index is 446. The van der Waals surface area contributed by atoms with Crippen LogP contribution < -0.4 is 10.9 Å². The van der Waals surface area contributed by atoms with Crippen molar-refractivity contribution < 1.29 is 0 Å². The van der Waals surface area contributed by atoms with Crippen LogP contribution in [0.25, 0.3) is 0 Å². The number of aromatic amines is 1. The van der Waals surface area contributed by atoms with Gasteiger partial charge in [-0.2, -0.15) is 0 Å². The van der Waals surface area contributed by atoms with E-state index in [-0.39, 0.29) is 5.56 Å². The van der Waals surface area contributed by atoms with Gasteiger partial charge in [-0.25, -0.2) is 4.98 Å². The molecule has 17 heavy (non-hydrogen) atoms. The minimum absolute atomic E-state index is 0.0356. The molecule has 0 radical (unpaired) electrons. The predicted molar refractivity (Wildman–Crippen MR) is 67.3 cm³/mol. The first-order chi connectivity index (χ1) is 8.31. The molecule has 92 valence electrons. The first-order valence-corrected chi connectivity index (χ1v) is 6.66. The van der Waals surface area contributed by atoms with E-state index in [1.54, 1.807) is 6.07 Å². The Hall–Kier alpha value is -1.32. The van der Waals surface area contributed by atoms with Gasteiger partial charge < -0.3 is 10.3 Å². The van der Waals surface area contributed by atoms with Crippen molar-refractivity contribution in [1.82, 2.24) is 9.97 Å². The zero-order valence-corrected chi connectivity index (χ0v) is 10.0. The third-order valence-electron chi connectivity index (χ3n) is 3.52. The van der Waals surface area contributed by atoms with Gasteiger partial charge in [-0.3, -0.25) is 4.79 Å². The summed E-state index contributed by atoms with van der Waals surface area (Å²) in [4.78, 5) is 18.7. The number of rotatable bonds is 6. The summed E-state index contributed by atoms with van der Waals surface area (Å²) < 4.78 is 0. The normalized spacial score (nSPS) is 19.3. The highest BCUT2D eigenvalue weighted by Gasteiger charge is 2.26. The summed E-state index contributed by atoms with van der Waals surface area (Å²) in [7, 11) is 0. The lowest BCUT2D eigenvalue weighted by Gasteiger charge is -2.06. The van der Waals surface area contributed by atoms with E-state index in [2.05, 4.69) is 15.3 Å². The number of hydrogen-bond donors (Lipinski definition) is 2. The number of hydrogen-bond acceptors (Lipinski definition) is 3. The maximum absolute atomic E-state index is 11.5. The van der Waals surface area contributed by atoms with Crippen molar-refractivity contribution in [2.24, 2.45) is 5.92 Å². The molecule has 0 aromatic carbocycles. The molecule has 0 spiro atoms. The second kappa shape index (κ2) is 4.51. The number of H-pyrrole nitrogens is 1. The lowest BCUT2D eigenvalue weighted by atomic mass is 10.2. The van der Waals surface area contributed by atoms with Crippen LogP contribution in [0.3, 0.4) is 0 Å². The van der Waals surface area contributed by atoms with Gasteiger partial charge in [-0.1, -0.05) is 12.8 Å². The molecular formula is C13H19N3O. The van der Waals surface area contributed by atoms with Crippen LogP contribution >= 0.6 is 0 Å². The number of nitrogens with zero attached hydrogens (tertiary/aromatic N) is 1. The third kappa shape index (κ3) is 3.08. The molecule has 0 atom stereocenters. The molecule has 2 aliphatic carbocycles. The summed E-state index contributed by atoms with van der Waals surface area (Å²) in [6.45, 7) is 0.928. The van der Waals surface area contributed by atoms with E-state index in [0.717, 1.165) is 36.9 Å². The monoisotopic (exact) mass is 233 g/mol. The molecule has 2 fully saturated rings. The molecule has 1 heterocycles. The molecule has 1 aromatic rings. The highest BCUT2D eigenvalue weighted by atomic mass is 16.1. The Balaban J connectivity index is 1.55.